The van der Waals surface area contributed by atoms with Gasteiger partial charge in [0, 0.05) is 18.8 Å². The van der Waals surface area contributed by atoms with E-state index < -0.39 is 0 Å². The molecule has 5 heteroatoms. The van der Waals surface area contributed by atoms with Crippen LogP contribution in [0.25, 0.3) is 0 Å². The largest absolute Gasteiger partial charge is 0.382 e. The van der Waals surface area contributed by atoms with Crippen molar-refractivity contribution in [2.24, 2.45) is 5.92 Å². The highest BCUT2D eigenvalue weighted by Gasteiger charge is 2.27. The fourth-order valence-corrected chi connectivity index (χ4v) is 2.96. The van der Waals surface area contributed by atoms with Crippen LogP contribution in [-0.2, 0) is 0 Å². The summed E-state index contributed by atoms with van der Waals surface area (Å²) >= 11 is 5.99. The van der Waals surface area contributed by atoms with Gasteiger partial charge in [-0.05, 0) is 31.2 Å². The number of hydrogen-bond acceptors (Lipinski definition) is 3. The Bertz CT molecular complexity index is 498. The average Bonchev–Trinajstić information content (AvgIpc) is 2.95. The Kier molecular flexibility index (Phi) is 5.45. The van der Waals surface area contributed by atoms with Crippen molar-refractivity contribution in [2.45, 2.75) is 52.0 Å². The molecule has 1 heterocycles. The van der Waals surface area contributed by atoms with Gasteiger partial charge in [0.2, 0.25) is 0 Å². The Hall–Kier alpha value is -1.29. The van der Waals surface area contributed by atoms with Crippen LogP contribution in [0, 0.1) is 5.92 Å². The summed E-state index contributed by atoms with van der Waals surface area (Å²) in [5.41, 5.74) is 6.15. The molecule has 1 amide bonds. The number of amides is 1. The van der Waals surface area contributed by atoms with Gasteiger partial charge < -0.3 is 10.6 Å². The Balaban J connectivity index is 2.17. The van der Waals surface area contributed by atoms with Gasteiger partial charge in [0.05, 0.1) is 10.6 Å². The molecule has 0 unspecified atom stereocenters. The Labute approximate surface area is 131 Å². The van der Waals surface area contributed by atoms with Gasteiger partial charge >= 0.3 is 0 Å². The van der Waals surface area contributed by atoms with E-state index in [-0.39, 0.29) is 11.7 Å². The average molecular weight is 310 g/mol. The molecule has 2 rings (SSSR count). The Morgan fingerprint density at radius 1 is 1.48 bits per heavy atom. The van der Waals surface area contributed by atoms with Crippen LogP contribution >= 0.6 is 11.6 Å². The molecule has 0 atom stereocenters. The maximum atomic E-state index is 12.8. The van der Waals surface area contributed by atoms with E-state index in [1.165, 1.54) is 19.0 Å². The van der Waals surface area contributed by atoms with E-state index in [9.17, 15) is 4.79 Å². The Morgan fingerprint density at radius 2 is 2.14 bits per heavy atom. The van der Waals surface area contributed by atoms with Crippen LogP contribution in [0.1, 0.15) is 56.3 Å². The van der Waals surface area contributed by atoms with Gasteiger partial charge in [-0.3, -0.25) is 4.79 Å². The first-order chi connectivity index (χ1) is 9.99. The molecule has 0 radical (unpaired) electrons. The predicted molar refractivity (Wildman–Crippen MR) is 86.4 cm³/mol. The van der Waals surface area contributed by atoms with E-state index in [4.69, 9.17) is 17.3 Å². The summed E-state index contributed by atoms with van der Waals surface area (Å²) in [6.07, 6.45) is 7.15. The fraction of sp³-hybridized carbons (Fsp3) is 0.625. The summed E-state index contributed by atoms with van der Waals surface area (Å²) < 4.78 is 0. The number of carbonyl (C=O) groups is 1. The van der Waals surface area contributed by atoms with Crippen molar-refractivity contribution in [3.63, 3.8) is 0 Å². The topological polar surface area (TPSA) is 59.2 Å². The number of aromatic nitrogens is 1. The van der Waals surface area contributed by atoms with Crippen molar-refractivity contribution < 1.29 is 4.79 Å². The molecule has 1 saturated carbocycles. The molecular weight excluding hydrogens is 286 g/mol. The van der Waals surface area contributed by atoms with Crippen molar-refractivity contribution in [3.05, 3.63) is 22.8 Å². The second kappa shape index (κ2) is 7.12. The van der Waals surface area contributed by atoms with Crippen molar-refractivity contribution in [1.29, 1.82) is 0 Å². The maximum Gasteiger partial charge on any atom is 0.255 e. The molecule has 0 bridgehead atoms. The molecule has 1 aromatic heterocycles. The van der Waals surface area contributed by atoms with E-state index in [0.29, 0.717) is 22.5 Å². The number of carbonyl (C=O) groups excluding carboxylic acids is 1. The summed E-state index contributed by atoms with van der Waals surface area (Å²) in [6, 6.07) is 1.98. The van der Waals surface area contributed by atoms with E-state index >= 15 is 0 Å². The number of anilines is 1. The SMILES string of the molecule is CC(C)CCN(C(=O)c1cnc(N)c(Cl)c1)C1CCCC1. The number of pyridine rings is 1. The third-order valence-electron chi connectivity index (χ3n) is 4.09. The normalized spacial score (nSPS) is 15.6. The zero-order valence-corrected chi connectivity index (χ0v) is 13.6. The van der Waals surface area contributed by atoms with Crippen molar-refractivity contribution >= 4 is 23.3 Å². The molecule has 1 aromatic rings. The Morgan fingerprint density at radius 3 is 2.71 bits per heavy atom. The number of nitrogens with zero attached hydrogens (tertiary/aromatic N) is 2. The van der Waals surface area contributed by atoms with E-state index in [1.807, 2.05) is 4.90 Å². The van der Waals surface area contributed by atoms with Gasteiger partial charge in [0.15, 0.2) is 0 Å². The molecule has 116 valence electrons. The molecular formula is C16H24ClN3O. The van der Waals surface area contributed by atoms with Crippen LogP contribution < -0.4 is 5.73 Å². The van der Waals surface area contributed by atoms with E-state index in [0.717, 1.165) is 25.8 Å². The number of nitrogens with two attached hydrogens (primary N) is 1. The lowest BCUT2D eigenvalue weighted by Crippen LogP contribution is -2.40. The standard InChI is InChI=1S/C16H24ClN3O/c1-11(2)7-8-20(13-5-3-4-6-13)16(21)12-9-14(17)15(18)19-10-12/h9-11,13H,3-8H2,1-2H3,(H2,18,19). The third kappa shape index (κ3) is 4.10. The molecule has 0 aliphatic heterocycles. The lowest BCUT2D eigenvalue weighted by Gasteiger charge is -2.30. The summed E-state index contributed by atoms with van der Waals surface area (Å²) in [6.45, 7) is 5.15. The first kappa shape index (κ1) is 16.1. The van der Waals surface area contributed by atoms with Crippen LogP contribution in [0.5, 0.6) is 0 Å². The molecule has 0 saturated heterocycles. The minimum absolute atomic E-state index is 0.0250. The monoisotopic (exact) mass is 309 g/mol. The summed E-state index contributed by atoms with van der Waals surface area (Å²) in [7, 11) is 0. The van der Waals surface area contributed by atoms with Crippen LogP contribution in [0.15, 0.2) is 12.3 Å². The fourth-order valence-electron chi connectivity index (χ4n) is 2.79. The molecule has 2 N–H and O–H groups in total. The highest BCUT2D eigenvalue weighted by molar-refractivity contribution is 6.33. The predicted octanol–water partition coefficient (Wildman–Crippen LogP) is 3.75. The van der Waals surface area contributed by atoms with Crippen LogP contribution in [0.3, 0.4) is 0 Å². The first-order valence-corrected chi connectivity index (χ1v) is 8.09. The van der Waals surface area contributed by atoms with Gasteiger partial charge in [-0.1, -0.05) is 38.3 Å². The molecule has 21 heavy (non-hydrogen) atoms. The molecule has 1 aliphatic rings. The van der Waals surface area contributed by atoms with Crippen molar-refractivity contribution in [3.8, 4) is 0 Å². The molecule has 0 spiro atoms. The molecule has 4 nitrogen and oxygen atoms in total. The van der Waals surface area contributed by atoms with Gasteiger partial charge in [0.25, 0.3) is 5.91 Å². The van der Waals surface area contributed by atoms with Gasteiger partial charge in [-0.15, -0.1) is 0 Å². The lowest BCUT2D eigenvalue weighted by molar-refractivity contribution is 0.0671. The summed E-state index contributed by atoms with van der Waals surface area (Å²) in [4.78, 5) is 18.8. The lowest BCUT2D eigenvalue weighted by atomic mass is 10.1. The number of halogens is 1. The smallest absolute Gasteiger partial charge is 0.255 e. The highest BCUT2D eigenvalue weighted by atomic mass is 35.5. The van der Waals surface area contributed by atoms with Gasteiger partial charge in [0.1, 0.15) is 5.82 Å². The van der Waals surface area contributed by atoms with E-state index in [2.05, 4.69) is 18.8 Å². The molecule has 1 aliphatic carbocycles. The van der Waals surface area contributed by atoms with Crippen LogP contribution in [0.4, 0.5) is 5.82 Å². The number of rotatable bonds is 5. The summed E-state index contributed by atoms with van der Waals surface area (Å²) in [5, 5.41) is 0.344. The zero-order valence-electron chi connectivity index (χ0n) is 12.8. The second-order valence-corrected chi connectivity index (χ2v) is 6.62. The zero-order chi connectivity index (χ0) is 15.4. The first-order valence-electron chi connectivity index (χ1n) is 7.71. The quantitative estimate of drug-likeness (QED) is 0.901. The highest BCUT2D eigenvalue weighted by Crippen LogP contribution is 2.26. The molecule has 1 fully saturated rings. The van der Waals surface area contributed by atoms with E-state index in [1.54, 1.807) is 6.07 Å². The second-order valence-electron chi connectivity index (χ2n) is 6.21. The van der Waals surface area contributed by atoms with Gasteiger partial charge in [-0.2, -0.15) is 0 Å². The van der Waals surface area contributed by atoms with Crippen LogP contribution in [-0.4, -0.2) is 28.4 Å². The number of hydrogen-bond donors (Lipinski definition) is 1. The minimum atomic E-state index is 0.0250. The van der Waals surface area contributed by atoms with Crippen LogP contribution in [0.2, 0.25) is 5.02 Å². The minimum Gasteiger partial charge on any atom is -0.382 e. The van der Waals surface area contributed by atoms with Gasteiger partial charge in [-0.25, -0.2) is 4.98 Å². The summed E-state index contributed by atoms with van der Waals surface area (Å²) in [5.74, 6) is 0.870. The maximum absolute atomic E-state index is 12.8. The third-order valence-corrected chi connectivity index (χ3v) is 4.39. The number of nitrogen functional groups attached to an aromatic ring is 1. The van der Waals surface area contributed by atoms with Crippen molar-refractivity contribution in [2.75, 3.05) is 12.3 Å². The van der Waals surface area contributed by atoms with Crippen molar-refractivity contribution in [1.82, 2.24) is 9.88 Å². The molecule has 0 aromatic carbocycles.